The van der Waals surface area contributed by atoms with Crippen molar-refractivity contribution in [3.63, 3.8) is 0 Å². The summed E-state index contributed by atoms with van der Waals surface area (Å²) in [4.78, 5) is 23.0. The van der Waals surface area contributed by atoms with Crippen LogP contribution in [0.25, 0.3) is 0 Å². The van der Waals surface area contributed by atoms with E-state index in [1.807, 2.05) is 6.92 Å². The molecule has 0 aromatic heterocycles. The first-order chi connectivity index (χ1) is 7.61. The van der Waals surface area contributed by atoms with Gasteiger partial charge < -0.3 is 9.47 Å². The van der Waals surface area contributed by atoms with Gasteiger partial charge in [0.25, 0.3) is 0 Å². The fraction of sp³-hybridized carbons (Fsp3) is 0.333. The van der Waals surface area contributed by atoms with Crippen LogP contribution in [0.2, 0.25) is 0 Å². The molecule has 2 rings (SSSR count). The van der Waals surface area contributed by atoms with E-state index >= 15 is 0 Å². The van der Waals surface area contributed by atoms with Crippen LogP contribution in [0.1, 0.15) is 34.1 Å². The third-order valence-electron chi connectivity index (χ3n) is 2.50. The average Bonchev–Trinajstić information content (AvgIpc) is 2.27. The van der Waals surface area contributed by atoms with Crippen LogP contribution in [-0.4, -0.2) is 25.0 Å². The molecule has 1 aromatic carbocycles. The number of hydrogen-bond acceptors (Lipinski definition) is 4. The number of benzene rings is 1. The van der Waals surface area contributed by atoms with E-state index < -0.39 is 5.97 Å². The number of fused-ring (bicyclic) bond motifs is 1. The average molecular weight is 220 g/mol. The van der Waals surface area contributed by atoms with Crippen LogP contribution in [-0.2, 0) is 4.74 Å². The van der Waals surface area contributed by atoms with Gasteiger partial charge in [0.2, 0.25) is 0 Å². The van der Waals surface area contributed by atoms with Crippen molar-refractivity contribution < 1.29 is 19.1 Å². The maximum atomic E-state index is 11.7. The number of ether oxygens (including phenoxy) is 2. The number of carbonyl (C=O) groups excluding carboxylic acids is 2. The number of hydrogen-bond donors (Lipinski definition) is 0. The first-order valence-corrected chi connectivity index (χ1v) is 5.04. The van der Waals surface area contributed by atoms with Crippen molar-refractivity contribution in [2.45, 2.75) is 19.4 Å². The summed E-state index contributed by atoms with van der Waals surface area (Å²) in [7, 11) is 1.31. The smallest absolute Gasteiger partial charge is 0.337 e. The van der Waals surface area contributed by atoms with E-state index in [-0.39, 0.29) is 11.9 Å². The SMILES string of the molecule is COC(=O)c1ccc2c(c1)C(=O)C[C@H](C)O2. The highest BCUT2D eigenvalue weighted by Crippen LogP contribution is 2.28. The molecule has 1 aromatic rings. The molecule has 0 N–H and O–H groups in total. The van der Waals surface area contributed by atoms with Gasteiger partial charge in [-0.05, 0) is 25.1 Å². The zero-order chi connectivity index (χ0) is 11.7. The van der Waals surface area contributed by atoms with Crippen molar-refractivity contribution in [1.29, 1.82) is 0 Å². The van der Waals surface area contributed by atoms with E-state index in [1.165, 1.54) is 13.2 Å². The number of rotatable bonds is 1. The predicted molar refractivity (Wildman–Crippen MR) is 56.8 cm³/mol. The van der Waals surface area contributed by atoms with Gasteiger partial charge in [-0.25, -0.2) is 4.79 Å². The predicted octanol–water partition coefficient (Wildman–Crippen LogP) is 1.83. The second kappa shape index (κ2) is 3.96. The van der Waals surface area contributed by atoms with Crippen molar-refractivity contribution >= 4 is 11.8 Å². The lowest BCUT2D eigenvalue weighted by Gasteiger charge is -2.22. The molecule has 16 heavy (non-hydrogen) atoms. The van der Waals surface area contributed by atoms with Gasteiger partial charge in [-0.3, -0.25) is 4.79 Å². The summed E-state index contributed by atoms with van der Waals surface area (Å²) in [6.45, 7) is 1.84. The molecule has 0 bridgehead atoms. The minimum atomic E-state index is -0.450. The summed E-state index contributed by atoms with van der Waals surface area (Å²) in [5.41, 5.74) is 0.828. The molecule has 0 saturated carbocycles. The lowest BCUT2D eigenvalue weighted by Crippen LogP contribution is -2.24. The normalized spacial score (nSPS) is 18.6. The first kappa shape index (κ1) is 10.7. The van der Waals surface area contributed by atoms with Gasteiger partial charge in [0.1, 0.15) is 11.9 Å². The van der Waals surface area contributed by atoms with E-state index in [0.29, 0.717) is 23.3 Å². The fourth-order valence-electron chi connectivity index (χ4n) is 1.72. The van der Waals surface area contributed by atoms with Crippen molar-refractivity contribution in [2.75, 3.05) is 7.11 Å². The monoisotopic (exact) mass is 220 g/mol. The number of Topliss-reactive ketones (excluding diaryl/α,β-unsaturated/α-hetero) is 1. The standard InChI is InChI=1S/C12H12O4/c1-7-5-10(13)9-6-8(12(14)15-2)3-4-11(9)16-7/h3-4,6-7H,5H2,1-2H3/t7-/m0/s1. The Kier molecular flexibility index (Phi) is 2.64. The van der Waals surface area contributed by atoms with Crippen LogP contribution < -0.4 is 4.74 Å². The van der Waals surface area contributed by atoms with Gasteiger partial charge in [-0.15, -0.1) is 0 Å². The van der Waals surface area contributed by atoms with Gasteiger partial charge in [-0.1, -0.05) is 0 Å². The largest absolute Gasteiger partial charge is 0.489 e. The van der Waals surface area contributed by atoms with Crippen LogP contribution >= 0.6 is 0 Å². The first-order valence-electron chi connectivity index (χ1n) is 5.04. The highest BCUT2D eigenvalue weighted by Gasteiger charge is 2.24. The maximum absolute atomic E-state index is 11.7. The third kappa shape index (κ3) is 1.78. The molecular formula is C12H12O4. The second-order valence-electron chi connectivity index (χ2n) is 3.76. The van der Waals surface area contributed by atoms with Gasteiger partial charge in [0.15, 0.2) is 5.78 Å². The molecule has 1 aliphatic heterocycles. The van der Waals surface area contributed by atoms with Crippen molar-refractivity contribution in [3.8, 4) is 5.75 Å². The lowest BCUT2D eigenvalue weighted by atomic mass is 9.99. The van der Waals surface area contributed by atoms with E-state index in [0.717, 1.165) is 0 Å². The Labute approximate surface area is 93.2 Å². The minimum absolute atomic E-state index is 0.000460. The summed E-state index contributed by atoms with van der Waals surface area (Å²) in [6, 6.07) is 4.75. The molecule has 0 spiro atoms. The van der Waals surface area contributed by atoms with E-state index in [1.54, 1.807) is 12.1 Å². The molecule has 1 aliphatic rings. The van der Waals surface area contributed by atoms with E-state index in [9.17, 15) is 9.59 Å². The lowest BCUT2D eigenvalue weighted by molar-refractivity contribution is 0.0600. The molecule has 4 heteroatoms. The Morgan fingerprint density at radius 3 is 2.94 bits per heavy atom. The molecule has 1 atom stereocenters. The van der Waals surface area contributed by atoms with Crippen LogP contribution in [0.15, 0.2) is 18.2 Å². The molecule has 0 fully saturated rings. The number of esters is 1. The second-order valence-corrected chi connectivity index (χ2v) is 3.76. The van der Waals surface area contributed by atoms with Crippen molar-refractivity contribution in [1.82, 2.24) is 0 Å². The van der Waals surface area contributed by atoms with Crippen molar-refractivity contribution in [2.24, 2.45) is 0 Å². The van der Waals surface area contributed by atoms with Gasteiger partial charge >= 0.3 is 5.97 Å². The summed E-state index contributed by atoms with van der Waals surface area (Å²) < 4.78 is 10.1. The van der Waals surface area contributed by atoms with E-state index in [4.69, 9.17) is 4.74 Å². The minimum Gasteiger partial charge on any atom is -0.489 e. The summed E-state index contributed by atoms with van der Waals surface area (Å²) in [5.74, 6) is 0.0881. The van der Waals surface area contributed by atoms with Crippen molar-refractivity contribution in [3.05, 3.63) is 29.3 Å². The van der Waals surface area contributed by atoms with Crippen LogP contribution in [0.5, 0.6) is 5.75 Å². The van der Waals surface area contributed by atoms with Gasteiger partial charge in [-0.2, -0.15) is 0 Å². The molecule has 0 aliphatic carbocycles. The number of ketones is 1. The summed E-state index contributed by atoms with van der Waals surface area (Å²) in [5, 5.41) is 0. The maximum Gasteiger partial charge on any atom is 0.337 e. The molecule has 0 amide bonds. The molecule has 0 unspecified atom stereocenters. The molecular weight excluding hydrogens is 208 g/mol. The Balaban J connectivity index is 2.42. The Morgan fingerprint density at radius 1 is 1.50 bits per heavy atom. The number of methoxy groups -OCH3 is 1. The number of carbonyl (C=O) groups is 2. The molecule has 0 saturated heterocycles. The molecule has 84 valence electrons. The third-order valence-corrected chi connectivity index (χ3v) is 2.50. The van der Waals surface area contributed by atoms with Gasteiger partial charge in [0, 0.05) is 6.42 Å². The zero-order valence-corrected chi connectivity index (χ0v) is 9.15. The van der Waals surface area contributed by atoms with E-state index in [2.05, 4.69) is 4.74 Å². The Hall–Kier alpha value is -1.84. The summed E-state index contributed by atoms with van der Waals surface area (Å²) >= 11 is 0. The quantitative estimate of drug-likeness (QED) is 0.677. The molecule has 4 nitrogen and oxygen atoms in total. The van der Waals surface area contributed by atoms with Crippen LogP contribution in [0.3, 0.4) is 0 Å². The Bertz CT molecular complexity index is 450. The summed E-state index contributed by atoms with van der Waals surface area (Å²) in [6.07, 6.45) is 0.237. The fourth-order valence-corrected chi connectivity index (χ4v) is 1.72. The highest BCUT2D eigenvalue weighted by atomic mass is 16.5. The molecule has 1 heterocycles. The molecule has 0 radical (unpaired) electrons. The van der Waals surface area contributed by atoms with Crippen LogP contribution in [0.4, 0.5) is 0 Å². The topological polar surface area (TPSA) is 52.6 Å². The van der Waals surface area contributed by atoms with Gasteiger partial charge in [0.05, 0.1) is 18.2 Å². The highest BCUT2D eigenvalue weighted by molar-refractivity contribution is 6.02. The Morgan fingerprint density at radius 2 is 2.25 bits per heavy atom. The zero-order valence-electron chi connectivity index (χ0n) is 9.15. The van der Waals surface area contributed by atoms with Crippen LogP contribution in [0, 0.1) is 0 Å².